The van der Waals surface area contributed by atoms with Crippen LogP contribution in [0.25, 0.3) is 0 Å². The molecule has 0 bridgehead atoms. The van der Waals surface area contributed by atoms with Crippen LogP contribution in [-0.4, -0.2) is 33.3 Å². The van der Waals surface area contributed by atoms with E-state index in [0.29, 0.717) is 11.7 Å². The summed E-state index contributed by atoms with van der Waals surface area (Å²) in [5, 5.41) is 4.13. The van der Waals surface area contributed by atoms with Crippen LogP contribution in [0, 0.1) is 5.92 Å². The third kappa shape index (κ3) is 3.63. The van der Waals surface area contributed by atoms with Crippen molar-refractivity contribution >= 4 is 5.78 Å². The van der Waals surface area contributed by atoms with Crippen LogP contribution >= 0.6 is 0 Å². The normalized spacial score (nSPS) is 12.1. The van der Waals surface area contributed by atoms with Gasteiger partial charge in [0.25, 0.3) is 0 Å². The predicted octanol–water partition coefficient (Wildman–Crippen LogP) is 1.47. The number of ketones is 1. The van der Waals surface area contributed by atoms with E-state index >= 15 is 0 Å². The molecule has 1 aromatic rings. The second-order valence-electron chi connectivity index (χ2n) is 5.07. The number of carbonyl (C=O) groups excluding carboxylic acids is 1. The molecule has 0 unspecified atom stereocenters. The molecule has 0 atom stereocenters. The minimum Gasteiger partial charge on any atom is -0.371 e. The lowest BCUT2D eigenvalue weighted by molar-refractivity contribution is -0.136. The van der Waals surface area contributed by atoms with Gasteiger partial charge in [-0.05, 0) is 19.8 Å². The van der Waals surface area contributed by atoms with Crippen LogP contribution in [0.3, 0.4) is 0 Å². The number of hydrogen-bond donors (Lipinski definition) is 0. The Morgan fingerprint density at radius 3 is 2.71 bits per heavy atom. The van der Waals surface area contributed by atoms with Gasteiger partial charge in [-0.25, -0.2) is 9.67 Å². The number of rotatable bonds is 6. The number of hydrogen-bond acceptors (Lipinski definition) is 4. The molecule has 0 amide bonds. The molecule has 5 nitrogen and oxygen atoms in total. The van der Waals surface area contributed by atoms with Gasteiger partial charge in [0.15, 0.2) is 5.78 Å². The van der Waals surface area contributed by atoms with Crippen LogP contribution in [-0.2, 0) is 22.5 Å². The zero-order valence-corrected chi connectivity index (χ0v) is 11.2. The Labute approximate surface area is 102 Å². The quantitative estimate of drug-likeness (QED) is 0.754. The molecule has 0 radical (unpaired) electrons. The molecule has 0 aromatic carbocycles. The number of aromatic nitrogens is 3. The Morgan fingerprint density at radius 1 is 1.53 bits per heavy atom. The molecule has 0 fully saturated rings. The highest BCUT2D eigenvalue weighted by Crippen LogP contribution is 2.12. The van der Waals surface area contributed by atoms with E-state index in [1.54, 1.807) is 18.5 Å². The predicted molar refractivity (Wildman–Crippen MR) is 64.7 cm³/mol. The topological polar surface area (TPSA) is 57.0 Å². The second kappa shape index (κ2) is 5.40. The first kappa shape index (κ1) is 13.8. The number of nitrogens with zero attached hydrogens (tertiary/aromatic N) is 3. The molecule has 5 heteroatoms. The van der Waals surface area contributed by atoms with Crippen LogP contribution in [0.15, 0.2) is 6.33 Å². The highest BCUT2D eigenvalue weighted by molar-refractivity contribution is 5.87. The average Bonchev–Trinajstić information content (AvgIpc) is 2.64. The van der Waals surface area contributed by atoms with Gasteiger partial charge in [0, 0.05) is 13.7 Å². The maximum absolute atomic E-state index is 12.0. The van der Waals surface area contributed by atoms with Gasteiger partial charge in [-0.3, -0.25) is 4.79 Å². The maximum Gasteiger partial charge on any atom is 0.171 e. The van der Waals surface area contributed by atoms with Crippen molar-refractivity contribution in [2.75, 3.05) is 7.11 Å². The van der Waals surface area contributed by atoms with Crippen LogP contribution in [0.2, 0.25) is 0 Å². The lowest BCUT2D eigenvalue weighted by Gasteiger charge is -2.21. The molecule has 96 valence electrons. The molecule has 1 rings (SSSR count). The highest BCUT2D eigenvalue weighted by Gasteiger charge is 2.28. The number of Topliss-reactive ketones (excluding diaryl/α,β-unsaturated/α-hetero) is 1. The highest BCUT2D eigenvalue weighted by atomic mass is 16.5. The van der Waals surface area contributed by atoms with Gasteiger partial charge in [-0.1, -0.05) is 13.8 Å². The summed E-state index contributed by atoms with van der Waals surface area (Å²) in [6.45, 7) is 8.51. The molecule has 0 aliphatic carbocycles. The Morgan fingerprint density at radius 2 is 2.18 bits per heavy atom. The minimum atomic E-state index is -0.769. The van der Waals surface area contributed by atoms with E-state index < -0.39 is 5.60 Å². The van der Waals surface area contributed by atoms with Crippen LogP contribution in [0.5, 0.6) is 0 Å². The number of carbonyl (C=O) groups is 1. The Bertz CT molecular complexity index is 383. The fraction of sp³-hybridized carbons (Fsp3) is 0.750. The lowest BCUT2D eigenvalue weighted by atomic mass is 10.0. The van der Waals surface area contributed by atoms with Crippen molar-refractivity contribution in [2.24, 2.45) is 5.92 Å². The molecule has 0 aliphatic heterocycles. The average molecular weight is 239 g/mol. The SMILES string of the molecule is COC(C)(C)C(=O)Cc1ncnn1CC(C)C. The number of methoxy groups -OCH3 is 1. The van der Waals surface area contributed by atoms with E-state index in [2.05, 4.69) is 23.9 Å². The van der Waals surface area contributed by atoms with Crippen LogP contribution in [0.1, 0.15) is 33.5 Å². The fourth-order valence-electron chi connectivity index (χ4n) is 1.39. The molecule has 0 N–H and O–H groups in total. The first-order valence-electron chi connectivity index (χ1n) is 5.82. The third-order valence-corrected chi connectivity index (χ3v) is 2.73. The van der Waals surface area contributed by atoms with Crippen molar-refractivity contribution < 1.29 is 9.53 Å². The summed E-state index contributed by atoms with van der Waals surface area (Å²) >= 11 is 0. The molecule has 0 saturated carbocycles. The van der Waals surface area contributed by atoms with Crippen molar-refractivity contribution in [3.63, 3.8) is 0 Å². The molecule has 0 spiro atoms. The summed E-state index contributed by atoms with van der Waals surface area (Å²) in [4.78, 5) is 16.1. The summed E-state index contributed by atoms with van der Waals surface area (Å²) in [6.07, 6.45) is 1.75. The van der Waals surface area contributed by atoms with E-state index in [4.69, 9.17) is 4.74 Å². The maximum atomic E-state index is 12.0. The van der Waals surface area contributed by atoms with Gasteiger partial charge in [0.05, 0.1) is 6.42 Å². The van der Waals surface area contributed by atoms with Gasteiger partial charge in [-0.2, -0.15) is 5.10 Å². The first-order valence-corrected chi connectivity index (χ1v) is 5.82. The largest absolute Gasteiger partial charge is 0.371 e. The van der Waals surface area contributed by atoms with E-state index in [-0.39, 0.29) is 12.2 Å². The summed E-state index contributed by atoms with van der Waals surface area (Å²) < 4.78 is 6.95. The lowest BCUT2D eigenvalue weighted by Crippen LogP contribution is -2.35. The van der Waals surface area contributed by atoms with Gasteiger partial charge in [0.1, 0.15) is 17.8 Å². The molecular weight excluding hydrogens is 218 g/mol. The van der Waals surface area contributed by atoms with Gasteiger partial charge < -0.3 is 4.74 Å². The van der Waals surface area contributed by atoms with E-state index in [9.17, 15) is 4.79 Å². The Hall–Kier alpha value is -1.23. The second-order valence-corrected chi connectivity index (χ2v) is 5.07. The van der Waals surface area contributed by atoms with Crippen molar-refractivity contribution in [2.45, 2.75) is 46.3 Å². The zero-order valence-electron chi connectivity index (χ0n) is 11.2. The summed E-state index contributed by atoms with van der Waals surface area (Å²) in [7, 11) is 1.54. The van der Waals surface area contributed by atoms with Crippen molar-refractivity contribution in [1.82, 2.24) is 14.8 Å². The van der Waals surface area contributed by atoms with E-state index in [0.717, 1.165) is 6.54 Å². The summed E-state index contributed by atoms with van der Waals surface area (Å²) in [5.41, 5.74) is -0.769. The third-order valence-electron chi connectivity index (χ3n) is 2.73. The monoisotopic (exact) mass is 239 g/mol. The van der Waals surface area contributed by atoms with E-state index in [1.165, 1.54) is 13.4 Å². The standard InChI is InChI=1S/C12H21N3O2/c1-9(2)7-15-11(13-8-14-15)6-10(16)12(3,4)17-5/h8-9H,6-7H2,1-5H3. The van der Waals surface area contributed by atoms with Crippen molar-refractivity contribution in [3.8, 4) is 0 Å². The Balaban J connectivity index is 2.75. The van der Waals surface area contributed by atoms with Crippen molar-refractivity contribution in [3.05, 3.63) is 12.2 Å². The first-order chi connectivity index (χ1) is 7.86. The van der Waals surface area contributed by atoms with E-state index in [1.807, 2.05) is 0 Å². The van der Waals surface area contributed by atoms with Gasteiger partial charge in [-0.15, -0.1) is 0 Å². The molecule has 0 aliphatic rings. The molecule has 1 aromatic heterocycles. The molecule has 17 heavy (non-hydrogen) atoms. The van der Waals surface area contributed by atoms with Gasteiger partial charge >= 0.3 is 0 Å². The van der Waals surface area contributed by atoms with Crippen LogP contribution in [0.4, 0.5) is 0 Å². The smallest absolute Gasteiger partial charge is 0.171 e. The van der Waals surface area contributed by atoms with Gasteiger partial charge in [0.2, 0.25) is 0 Å². The minimum absolute atomic E-state index is 0.0120. The number of ether oxygens (including phenoxy) is 1. The molecule has 0 saturated heterocycles. The fourth-order valence-corrected chi connectivity index (χ4v) is 1.39. The molecular formula is C12H21N3O2. The Kier molecular flexibility index (Phi) is 4.40. The zero-order chi connectivity index (χ0) is 13.1. The summed E-state index contributed by atoms with van der Waals surface area (Å²) in [5.74, 6) is 1.19. The van der Waals surface area contributed by atoms with Crippen molar-refractivity contribution in [1.29, 1.82) is 0 Å². The molecule has 1 heterocycles. The summed E-state index contributed by atoms with van der Waals surface area (Å²) in [6, 6.07) is 0. The van der Waals surface area contributed by atoms with Crippen LogP contribution < -0.4 is 0 Å².